The highest BCUT2D eigenvalue weighted by Crippen LogP contribution is 2.53. The van der Waals surface area contributed by atoms with E-state index in [1.165, 1.54) is 0 Å². The fourth-order valence-electron chi connectivity index (χ4n) is 8.83. The normalized spacial score (nSPS) is 30.6. The standard InChI is InChI=1S/2C20H18O6/c2*1-3-15-17(25-9-23-15)5-11(1)19-13-7-22-20(14(13)8-21-19)12-2-4-16-18(6-12)26-10-24-16/h2*1-6,13-14,19-20H,7-10H2/t2*13-,14-,19+,20+/m00/s1. The molecule has 0 radical (unpaired) electrons. The van der Waals surface area contributed by atoms with Crippen LogP contribution in [0.2, 0.25) is 0 Å². The third-order valence-corrected chi connectivity index (χ3v) is 11.4. The van der Waals surface area contributed by atoms with Crippen molar-refractivity contribution in [1.29, 1.82) is 0 Å². The van der Waals surface area contributed by atoms with Crippen molar-refractivity contribution in [1.82, 2.24) is 0 Å². The zero-order valence-corrected chi connectivity index (χ0v) is 28.1. The van der Waals surface area contributed by atoms with Crippen molar-refractivity contribution in [2.24, 2.45) is 23.7 Å². The maximum Gasteiger partial charge on any atom is 0.231 e. The number of hydrogen-bond donors (Lipinski definition) is 0. The fraction of sp³-hybridized carbons (Fsp3) is 0.400. The van der Waals surface area contributed by atoms with Gasteiger partial charge in [0.05, 0.1) is 50.8 Å². The third kappa shape index (κ3) is 5.11. The molecular formula is C40H36O12. The van der Waals surface area contributed by atoms with Crippen molar-refractivity contribution >= 4 is 0 Å². The maximum atomic E-state index is 6.18. The first-order valence-electron chi connectivity index (χ1n) is 17.8. The van der Waals surface area contributed by atoms with Crippen LogP contribution in [0.4, 0.5) is 0 Å². The lowest BCUT2D eigenvalue weighted by Crippen LogP contribution is -2.14. The summed E-state index contributed by atoms with van der Waals surface area (Å²) < 4.78 is 68.4. The molecule has 52 heavy (non-hydrogen) atoms. The molecule has 0 bridgehead atoms. The quantitative estimate of drug-likeness (QED) is 0.233. The number of ether oxygens (including phenoxy) is 12. The molecule has 0 N–H and O–H groups in total. The van der Waals surface area contributed by atoms with E-state index in [-0.39, 0.29) is 51.6 Å². The molecule has 0 amide bonds. The van der Waals surface area contributed by atoms with Crippen LogP contribution >= 0.6 is 0 Å². The van der Waals surface area contributed by atoms with Crippen LogP contribution in [-0.2, 0) is 18.9 Å². The summed E-state index contributed by atoms with van der Waals surface area (Å²) in [5.41, 5.74) is 4.49. The van der Waals surface area contributed by atoms with Gasteiger partial charge in [0.1, 0.15) is 0 Å². The van der Waals surface area contributed by atoms with Crippen LogP contribution in [-0.4, -0.2) is 53.6 Å². The first-order chi connectivity index (χ1) is 25.7. The minimum absolute atomic E-state index is 0.0218. The topological polar surface area (TPSA) is 111 Å². The predicted octanol–water partition coefficient (Wildman–Crippen LogP) is 6.44. The molecule has 12 heteroatoms. The van der Waals surface area contributed by atoms with Crippen molar-refractivity contribution < 1.29 is 56.8 Å². The molecule has 8 atom stereocenters. The number of hydrogen-bond acceptors (Lipinski definition) is 12. The van der Waals surface area contributed by atoms with Crippen molar-refractivity contribution in [2.45, 2.75) is 24.4 Å². The Morgan fingerprint density at radius 1 is 0.288 bits per heavy atom. The molecule has 268 valence electrons. The SMILES string of the molecule is c1cc2c(cc1[C@H]1OC[C@H]3[C@@H]1CO[C@@H]3c1ccc3c(c1)OCO3)OCO2.c1cc2c(cc1[C@H]1OC[C@H]3[C@@H]1CO[C@@H]3c1ccc3c(c1)OCO3)OCO2. The molecule has 4 aromatic carbocycles. The van der Waals surface area contributed by atoms with Gasteiger partial charge in [0.15, 0.2) is 46.0 Å². The summed E-state index contributed by atoms with van der Waals surface area (Å²) in [5.74, 6) is 7.65. The monoisotopic (exact) mass is 708 g/mol. The van der Waals surface area contributed by atoms with E-state index in [1.807, 2.05) is 48.5 Å². The van der Waals surface area contributed by atoms with E-state index in [1.54, 1.807) is 0 Å². The molecule has 12 nitrogen and oxygen atoms in total. The van der Waals surface area contributed by atoms with E-state index in [0.29, 0.717) is 50.1 Å². The van der Waals surface area contributed by atoms with Gasteiger partial charge in [0.2, 0.25) is 27.2 Å². The Hall–Kier alpha value is -4.88. The van der Waals surface area contributed by atoms with Crippen LogP contribution in [0.1, 0.15) is 46.7 Å². The summed E-state index contributed by atoms with van der Waals surface area (Å²) in [6.45, 7) is 3.87. The predicted molar refractivity (Wildman–Crippen MR) is 179 cm³/mol. The molecular weight excluding hydrogens is 672 g/mol. The molecule has 0 aromatic heterocycles. The number of fused-ring (bicyclic) bond motifs is 6. The summed E-state index contributed by atoms with van der Waals surface area (Å²) in [4.78, 5) is 0. The Bertz CT molecular complexity index is 1730. The Morgan fingerprint density at radius 2 is 0.519 bits per heavy atom. The molecule has 0 unspecified atom stereocenters. The van der Waals surface area contributed by atoms with Gasteiger partial charge in [0, 0.05) is 23.7 Å². The number of rotatable bonds is 4. The molecule has 8 aliphatic heterocycles. The van der Waals surface area contributed by atoms with Crippen LogP contribution in [0.5, 0.6) is 46.0 Å². The van der Waals surface area contributed by atoms with Gasteiger partial charge in [-0.25, -0.2) is 0 Å². The van der Waals surface area contributed by atoms with Crippen molar-refractivity contribution in [3.63, 3.8) is 0 Å². The molecule has 12 rings (SSSR count). The second-order valence-electron chi connectivity index (χ2n) is 14.1. The lowest BCUT2D eigenvalue weighted by atomic mass is 9.85. The van der Waals surface area contributed by atoms with Crippen LogP contribution in [0.25, 0.3) is 0 Å². The van der Waals surface area contributed by atoms with Crippen LogP contribution in [0, 0.1) is 23.7 Å². The van der Waals surface area contributed by atoms with Gasteiger partial charge in [-0.3, -0.25) is 0 Å². The maximum absolute atomic E-state index is 6.18. The average molecular weight is 709 g/mol. The summed E-state index contributed by atoms with van der Waals surface area (Å²) in [5, 5.41) is 0. The van der Waals surface area contributed by atoms with E-state index in [9.17, 15) is 0 Å². The molecule has 0 spiro atoms. The Balaban J connectivity index is 0.000000123. The summed E-state index contributed by atoms with van der Waals surface area (Å²) in [6.07, 6.45) is 0.0871. The second-order valence-corrected chi connectivity index (χ2v) is 14.1. The third-order valence-electron chi connectivity index (χ3n) is 11.4. The molecule has 0 aliphatic carbocycles. The summed E-state index contributed by atoms with van der Waals surface area (Å²) in [7, 11) is 0. The van der Waals surface area contributed by atoms with E-state index in [4.69, 9.17) is 56.8 Å². The van der Waals surface area contributed by atoms with Gasteiger partial charge in [-0.2, -0.15) is 0 Å². The van der Waals surface area contributed by atoms with E-state index >= 15 is 0 Å². The van der Waals surface area contributed by atoms with Gasteiger partial charge in [-0.1, -0.05) is 24.3 Å². The minimum Gasteiger partial charge on any atom is -0.454 e. The van der Waals surface area contributed by atoms with E-state index in [2.05, 4.69) is 24.3 Å². The van der Waals surface area contributed by atoms with E-state index in [0.717, 1.165) is 68.2 Å². The van der Waals surface area contributed by atoms with Gasteiger partial charge >= 0.3 is 0 Å². The molecule has 8 aliphatic rings. The molecule has 8 heterocycles. The van der Waals surface area contributed by atoms with Crippen molar-refractivity contribution in [2.75, 3.05) is 53.6 Å². The number of benzene rings is 4. The molecule has 4 fully saturated rings. The highest BCUT2D eigenvalue weighted by atomic mass is 16.7. The van der Waals surface area contributed by atoms with Gasteiger partial charge < -0.3 is 56.8 Å². The zero-order valence-electron chi connectivity index (χ0n) is 28.1. The van der Waals surface area contributed by atoms with Gasteiger partial charge in [-0.15, -0.1) is 0 Å². The molecule has 4 aromatic rings. The summed E-state index contributed by atoms with van der Waals surface area (Å²) in [6, 6.07) is 24.2. The summed E-state index contributed by atoms with van der Waals surface area (Å²) >= 11 is 0. The van der Waals surface area contributed by atoms with Gasteiger partial charge in [0.25, 0.3) is 0 Å². The highest BCUT2D eigenvalue weighted by molar-refractivity contribution is 5.48. The smallest absolute Gasteiger partial charge is 0.231 e. The van der Waals surface area contributed by atoms with Crippen LogP contribution in [0.3, 0.4) is 0 Å². The van der Waals surface area contributed by atoms with Crippen molar-refractivity contribution in [3.05, 3.63) is 95.1 Å². The Morgan fingerprint density at radius 3 is 0.769 bits per heavy atom. The first-order valence-corrected chi connectivity index (χ1v) is 17.8. The zero-order chi connectivity index (χ0) is 34.2. The Kier molecular flexibility index (Phi) is 7.31. The molecule has 0 saturated carbocycles. The average Bonchev–Trinajstić information content (AvgIpc) is 4.02. The first kappa shape index (κ1) is 30.7. The lowest BCUT2D eigenvalue weighted by Gasteiger charge is -2.17. The lowest BCUT2D eigenvalue weighted by molar-refractivity contribution is 0.0190. The van der Waals surface area contributed by atoms with E-state index < -0.39 is 0 Å². The van der Waals surface area contributed by atoms with Gasteiger partial charge in [-0.05, 0) is 70.8 Å². The highest BCUT2D eigenvalue weighted by Gasteiger charge is 2.50. The second kappa shape index (κ2) is 12.4. The molecule has 4 saturated heterocycles. The largest absolute Gasteiger partial charge is 0.454 e. The fourth-order valence-corrected chi connectivity index (χ4v) is 8.83. The van der Waals surface area contributed by atoms with Crippen LogP contribution in [0.15, 0.2) is 72.8 Å². The minimum atomic E-state index is 0.0218. The van der Waals surface area contributed by atoms with Crippen LogP contribution < -0.4 is 37.9 Å². The Labute approximate surface area is 299 Å². The van der Waals surface area contributed by atoms with Crippen molar-refractivity contribution in [3.8, 4) is 46.0 Å².